The number of hydrogen-bond acceptors (Lipinski definition) is 4. The summed E-state index contributed by atoms with van der Waals surface area (Å²) in [6.07, 6.45) is -2.57. The van der Waals surface area contributed by atoms with Crippen LogP contribution in [0, 0.1) is 0 Å². The van der Waals surface area contributed by atoms with E-state index >= 15 is 0 Å². The lowest BCUT2D eigenvalue weighted by molar-refractivity contribution is -0.141. The SMILES string of the molecule is C[C@H]1OCCN[C@@H]1C(=O)N1CCC(c2ncc(C(F)(F)F)[nH]2)CC1. The monoisotopic (exact) mass is 346 g/mol. The van der Waals surface area contributed by atoms with E-state index in [-0.39, 0.29) is 24.0 Å². The van der Waals surface area contributed by atoms with E-state index in [9.17, 15) is 18.0 Å². The molecule has 0 spiro atoms. The third-order valence-corrected chi connectivity index (χ3v) is 4.68. The topological polar surface area (TPSA) is 70.2 Å². The molecule has 9 heteroatoms. The Hall–Kier alpha value is -1.61. The summed E-state index contributed by atoms with van der Waals surface area (Å²) in [6.45, 7) is 4.12. The van der Waals surface area contributed by atoms with Gasteiger partial charge in [0.05, 0.1) is 18.9 Å². The number of alkyl halides is 3. The summed E-state index contributed by atoms with van der Waals surface area (Å²) < 4.78 is 43.4. The summed E-state index contributed by atoms with van der Waals surface area (Å²) in [7, 11) is 0. The fourth-order valence-corrected chi connectivity index (χ4v) is 3.27. The number of rotatable bonds is 2. The van der Waals surface area contributed by atoms with Crippen LogP contribution in [0.25, 0.3) is 0 Å². The molecule has 2 aliphatic heterocycles. The number of likely N-dealkylation sites (tertiary alicyclic amines) is 1. The van der Waals surface area contributed by atoms with E-state index in [2.05, 4.69) is 15.3 Å². The van der Waals surface area contributed by atoms with Crippen LogP contribution in [-0.2, 0) is 15.7 Å². The van der Waals surface area contributed by atoms with Crippen molar-refractivity contribution >= 4 is 5.91 Å². The summed E-state index contributed by atoms with van der Waals surface area (Å²) in [5.74, 6) is 0.260. The minimum atomic E-state index is -4.41. The number of amides is 1. The Labute approximate surface area is 137 Å². The van der Waals surface area contributed by atoms with E-state index in [1.165, 1.54) is 0 Å². The molecule has 0 radical (unpaired) electrons. The number of piperidine rings is 1. The lowest BCUT2D eigenvalue weighted by atomic mass is 9.95. The second-order valence-electron chi connectivity index (χ2n) is 6.29. The highest BCUT2D eigenvalue weighted by Crippen LogP contribution is 2.31. The van der Waals surface area contributed by atoms with E-state index < -0.39 is 11.9 Å². The summed E-state index contributed by atoms with van der Waals surface area (Å²) in [4.78, 5) is 20.5. The zero-order valence-electron chi connectivity index (χ0n) is 13.4. The van der Waals surface area contributed by atoms with Crippen LogP contribution in [0.3, 0.4) is 0 Å². The van der Waals surface area contributed by atoms with Crippen LogP contribution in [0.15, 0.2) is 6.20 Å². The Morgan fingerprint density at radius 1 is 1.38 bits per heavy atom. The Bertz CT molecular complexity index is 582. The van der Waals surface area contributed by atoms with E-state index in [4.69, 9.17) is 4.74 Å². The number of nitrogens with one attached hydrogen (secondary N) is 2. The van der Waals surface area contributed by atoms with Gasteiger partial charge in [0.25, 0.3) is 0 Å². The number of morpholine rings is 1. The predicted molar refractivity (Wildman–Crippen MR) is 79.3 cm³/mol. The van der Waals surface area contributed by atoms with E-state index in [0.717, 1.165) is 6.20 Å². The van der Waals surface area contributed by atoms with Gasteiger partial charge in [0.1, 0.15) is 17.6 Å². The smallest absolute Gasteiger partial charge is 0.375 e. The lowest BCUT2D eigenvalue weighted by Gasteiger charge is -2.37. The molecular weight excluding hydrogens is 325 g/mol. The quantitative estimate of drug-likeness (QED) is 0.852. The van der Waals surface area contributed by atoms with Gasteiger partial charge >= 0.3 is 6.18 Å². The number of carbonyl (C=O) groups excluding carboxylic acids is 1. The fourth-order valence-electron chi connectivity index (χ4n) is 3.27. The summed E-state index contributed by atoms with van der Waals surface area (Å²) >= 11 is 0. The molecule has 2 N–H and O–H groups in total. The second-order valence-corrected chi connectivity index (χ2v) is 6.29. The Morgan fingerprint density at radius 3 is 2.67 bits per heavy atom. The maximum atomic E-state index is 12.6. The highest BCUT2D eigenvalue weighted by Gasteiger charge is 2.36. The summed E-state index contributed by atoms with van der Waals surface area (Å²) in [5.41, 5.74) is -0.826. The first kappa shape index (κ1) is 17.2. The van der Waals surface area contributed by atoms with E-state index in [1.807, 2.05) is 6.92 Å². The van der Waals surface area contributed by atoms with Gasteiger partial charge in [0.2, 0.25) is 5.91 Å². The van der Waals surface area contributed by atoms with Gasteiger partial charge in [0, 0.05) is 25.6 Å². The minimum Gasteiger partial charge on any atom is -0.375 e. The van der Waals surface area contributed by atoms with Crippen molar-refractivity contribution in [3.8, 4) is 0 Å². The largest absolute Gasteiger partial charge is 0.432 e. The van der Waals surface area contributed by atoms with Gasteiger partial charge < -0.3 is 19.9 Å². The number of hydrogen-bond donors (Lipinski definition) is 2. The molecule has 6 nitrogen and oxygen atoms in total. The van der Waals surface area contributed by atoms with Crippen molar-refractivity contribution in [2.45, 2.75) is 44.0 Å². The van der Waals surface area contributed by atoms with Crippen LogP contribution < -0.4 is 5.32 Å². The molecule has 24 heavy (non-hydrogen) atoms. The predicted octanol–water partition coefficient (Wildman–Crippen LogP) is 1.51. The van der Waals surface area contributed by atoms with Crippen molar-refractivity contribution in [1.29, 1.82) is 0 Å². The van der Waals surface area contributed by atoms with Crippen LogP contribution >= 0.6 is 0 Å². The van der Waals surface area contributed by atoms with Crippen molar-refractivity contribution in [1.82, 2.24) is 20.2 Å². The van der Waals surface area contributed by atoms with Gasteiger partial charge in [-0.3, -0.25) is 4.79 Å². The molecule has 134 valence electrons. The molecule has 2 saturated heterocycles. The second kappa shape index (κ2) is 6.72. The van der Waals surface area contributed by atoms with E-state index in [1.54, 1.807) is 4.90 Å². The van der Waals surface area contributed by atoms with Crippen molar-refractivity contribution in [2.75, 3.05) is 26.2 Å². The number of ether oxygens (including phenoxy) is 1. The average Bonchev–Trinajstić information content (AvgIpc) is 3.05. The Balaban J connectivity index is 1.57. The number of imidazole rings is 1. The standard InChI is InChI=1S/C15H21F3N4O2/c1-9-12(19-4-7-24-9)14(23)22-5-2-10(3-6-22)13-20-8-11(21-13)15(16,17)18/h8-10,12,19H,2-7H2,1H3,(H,20,21)/t9-,12+/m1/s1. The van der Waals surface area contributed by atoms with Crippen LogP contribution in [0.4, 0.5) is 13.2 Å². The first-order valence-corrected chi connectivity index (χ1v) is 8.12. The van der Waals surface area contributed by atoms with Gasteiger partial charge in [-0.1, -0.05) is 0 Å². The van der Waals surface area contributed by atoms with Crippen molar-refractivity contribution < 1.29 is 22.7 Å². The van der Waals surface area contributed by atoms with Crippen LogP contribution in [-0.4, -0.2) is 59.2 Å². The number of H-pyrrole nitrogens is 1. The number of halogens is 3. The Morgan fingerprint density at radius 2 is 2.08 bits per heavy atom. The highest BCUT2D eigenvalue weighted by molar-refractivity contribution is 5.82. The maximum Gasteiger partial charge on any atom is 0.432 e. The van der Waals surface area contributed by atoms with Crippen molar-refractivity contribution in [3.05, 3.63) is 17.7 Å². The van der Waals surface area contributed by atoms with Gasteiger partial charge in [-0.25, -0.2) is 4.98 Å². The molecule has 0 aliphatic carbocycles. The first-order valence-electron chi connectivity index (χ1n) is 8.12. The third-order valence-electron chi connectivity index (χ3n) is 4.68. The molecule has 2 fully saturated rings. The van der Waals surface area contributed by atoms with Crippen LogP contribution in [0.1, 0.15) is 37.2 Å². The molecule has 0 unspecified atom stereocenters. The van der Waals surface area contributed by atoms with E-state index in [0.29, 0.717) is 44.9 Å². The van der Waals surface area contributed by atoms with Crippen molar-refractivity contribution in [2.24, 2.45) is 0 Å². The first-order chi connectivity index (χ1) is 11.4. The van der Waals surface area contributed by atoms with Crippen LogP contribution in [0.5, 0.6) is 0 Å². The number of aromatic nitrogens is 2. The zero-order valence-corrected chi connectivity index (χ0v) is 13.4. The molecule has 0 aromatic carbocycles. The van der Waals surface area contributed by atoms with Gasteiger partial charge in [-0.05, 0) is 19.8 Å². The molecule has 1 aromatic rings. The van der Waals surface area contributed by atoms with Crippen molar-refractivity contribution in [3.63, 3.8) is 0 Å². The molecule has 1 amide bonds. The maximum absolute atomic E-state index is 12.6. The molecule has 3 rings (SSSR count). The molecule has 2 aliphatic rings. The van der Waals surface area contributed by atoms with Gasteiger partial charge in [-0.15, -0.1) is 0 Å². The summed E-state index contributed by atoms with van der Waals surface area (Å²) in [6, 6.07) is -0.351. The average molecular weight is 346 g/mol. The number of nitrogens with zero attached hydrogens (tertiary/aromatic N) is 2. The van der Waals surface area contributed by atoms with Gasteiger partial charge in [0.15, 0.2) is 0 Å². The lowest BCUT2D eigenvalue weighted by Crippen LogP contribution is -2.57. The molecule has 0 saturated carbocycles. The number of aromatic amines is 1. The summed E-state index contributed by atoms with van der Waals surface area (Å²) in [5, 5.41) is 3.17. The molecule has 1 aromatic heterocycles. The van der Waals surface area contributed by atoms with Crippen LogP contribution in [0.2, 0.25) is 0 Å². The minimum absolute atomic E-state index is 0.00363. The Kier molecular flexibility index (Phi) is 4.82. The normalized spacial score (nSPS) is 26.6. The third kappa shape index (κ3) is 3.56. The molecule has 0 bridgehead atoms. The molecule has 2 atom stereocenters. The number of carbonyl (C=O) groups is 1. The highest BCUT2D eigenvalue weighted by atomic mass is 19.4. The molecule has 3 heterocycles. The molecular formula is C15H21F3N4O2. The van der Waals surface area contributed by atoms with Gasteiger partial charge in [-0.2, -0.15) is 13.2 Å². The zero-order chi connectivity index (χ0) is 17.3. The fraction of sp³-hybridized carbons (Fsp3) is 0.733.